The highest BCUT2D eigenvalue weighted by atomic mass is 19.4. The number of rotatable bonds is 1. The van der Waals surface area contributed by atoms with Crippen molar-refractivity contribution in [1.82, 2.24) is 0 Å². The molecule has 1 aromatic carbocycles. The Hall–Kier alpha value is -1.23. The van der Waals surface area contributed by atoms with E-state index in [0.29, 0.717) is 17.8 Å². The Kier molecular flexibility index (Phi) is 2.34. The summed E-state index contributed by atoms with van der Waals surface area (Å²) < 4.78 is 38.1. The van der Waals surface area contributed by atoms with Crippen molar-refractivity contribution in [3.8, 4) is 0 Å². The van der Waals surface area contributed by atoms with Gasteiger partial charge in [-0.05, 0) is 17.7 Å². The molecule has 0 saturated carbocycles. The first kappa shape index (κ1) is 10.3. The Morgan fingerprint density at radius 1 is 1.40 bits per heavy atom. The highest BCUT2D eigenvalue weighted by Gasteiger charge is 2.37. The summed E-state index contributed by atoms with van der Waals surface area (Å²) in [6.45, 7) is 0.714. The summed E-state index contributed by atoms with van der Waals surface area (Å²) in [5.41, 5.74) is 5.75. The van der Waals surface area contributed by atoms with Gasteiger partial charge in [-0.25, -0.2) is 0 Å². The fourth-order valence-corrected chi connectivity index (χ4v) is 1.94. The van der Waals surface area contributed by atoms with Crippen molar-refractivity contribution >= 4 is 5.69 Å². The second-order valence-corrected chi connectivity index (χ2v) is 3.58. The van der Waals surface area contributed by atoms with Crippen LogP contribution in [-0.4, -0.2) is 13.1 Å². The monoisotopic (exact) mass is 216 g/mol. The van der Waals surface area contributed by atoms with Crippen LogP contribution in [0.4, 0.5) is 18.9 Å². The van der Waals surface area contributed by atoms with Crippen LogP contribution >= 0.6 is 0 Å². The van der Waals surface area contributed by atoms with Crippen LogP contribution in [0.1, 0.15) is 17.0 Å². The molecule has 0 fully saturated rings. The molecule has 1 aliphatic heterocycles. The van der Waals surface area contributed by atoms with E-state index in [1.165, 1.54) is 6.07 Å². The van der Waals surface area contributed by atoms with E-state index in [1.54, 1.807) is 6.07 Å². The van der Waals surface area contributed by atoms with E-state index in [9.17, 15) is 13.2 Å². The van der Waals surface area contributed by atoms with Gasteiger partial charge in [0.15, 0.2) is 0 Å². The molecule has 1 aliphatic rings. The van der Waals surface area contributed by atoms with E-state index in [2.05, 4.69) is 5.32 Å². The highest BCUT2D eigenvalue weighted by Crippen LogP contribution is 2.41. The van der Waals surface area contributed by atoms with E-state index < -0.39 is 11.7 Å². The molecule has 0 saturated heterocycles. The SMILES string of the molecule is NCC1CNc2cccc(C(F)(F)F)c21. The molecule has 0 radical (unpaired) electrons. The van der Waals surface area contributed by atoms with Crippen LogP contribution in [0.5, 0.6) is 0 Å². The zero-order chi connectivity index (χ0) is 11.1. The van der Waals surface area contributed by atoms with Gasteiger partial charge < -0.3 is 11.1 Å². The molecule has 5 heteroatoms. The molecule has 0 bridgehead atoms. The molecule has 0 aromatic heterocycles. The van der Waals surface area contributed by atoms with Crippen LogP contribution in [0.15, 0.2) is 18.2 Å². The lowest BCUT2D eigenvalue weighted by atomic mass is 9.95. The molecule has 0 amide bonds. The van der Waals surface area contributed by atoms with Crippen molar-refractivity contribution in [3.05, 3.63) is 29.3 Å². The topological polar surface area (TPSA) is 38.0 Å². The second-order valence-electron chi connectivity index (χ2n) is 3.58. The molecule has 0 spiro atoms. The third-order valence-corrected chi connectivity index (χ3v) is 2.64. The van der Waals surface area contributed by atoms with Gasteiger partial charge in [-0.15, -0.1) is 0 Å². The van der Waals surface area contributed by atoms with E-state index in [1.807, 2.05) is 0 Å². The van der Waals surface area contributed by atoms with Gasteiger partial charge in [0, 0.05) is 24.7 Å². The Morgan fingerprint density at radius 3 is 2.73 bits per heavy atom. The Bertz CT molecular complexity index is 373. The summed E-state index contributed by atoms with van der Waals surface area (Å²) >= 11 is 0. The maximum atomic E-state index is 12.7. The van der Waals surface area contributed by atoms with Crippen molar-refractivity contribution in [2.75, 3.05) is 18.4 Å². The number of fused-ring (bicyclic) bond motifs is 1. The zero-order valence-corrected chi connectivity index (χ0v) is 7.93. The maximum absolute atomic E-state index is 12.7. The first-order valence-electron chi connectivity index (χ1n) is 4.68. The molecule has 3 N–H and O–H groups in total. The van der Waals surface area contributed by atoms with Gasteiger partial charge in [0.05, 0.1) is 5.56 Å². The number of alkyl halides is 3. The van der Waals surface area contributed by atoms with E-state index >= 15 is 0 Å². The van der Waals surface area contributed by atoms with Crippen LogP contribution in [0, 0.1) is 0 Å². The lowest BCUT2D eigenvalue weighted by molar-refractivity contribution is -0.138. The van der Waals surface area contributed by atoms with Gasteiger partial charge in [-0.1, -0.05) is 6.07 Å². The zero-order valence-electron chi connectivity index (χ0n) is 7.93. The molecular weight excluding hydrogens is 205 g/mol. The summed E-state index contributed by atoms with van der Waals surface area (Å²) in [7, 11) is 0. The molecule has 82 valence electrons. The number of anilines is 1. The van der Waals surface area contributed by atoms with Crippen LogP contribution in [0.2, 0.25) is 0 Å². The van der Waals surface area contributed by atoms with E-state index in [4.69, 9.17) is 5.73 Å². The lowest BCUT2D eigenvalue weighted by Gasteiger charge is -2.15. The minimum atomic E-state index is -4.30. The number of nitrogens with two attached hydrogens (primary N) is 1. The quantitative estimate of drug-likeness (QED) is 0.755. The molecule has 0 aliphatic carbocycles. The predicted molar refractivity (Wildman–Crippen MR) is 51.7 cm³/mol. The number of hydrogen-bond acceptors (Lipinski definition) is 2. The fraction of sp³-hybridized carbons (Fsp3) is 0.400. The summed E-state index contributed by atoms with van der Waals surface area (Å²) in [6.07, 6.45) is -4.30. The van der Waals surface area contributed by atoms with Gasteiger partial charge in [-0.2, -0.15) is 13.2 Å². The molecule has 2 nitrogen and oxygen atoms in total. The van der Waals surface area contributed by atoms with Crippen molar-refractivity contribution in [1.29, 1.82) is 0 Å². The van der Waals surface area contributed by atoms with E-state index in [-0.39, 0.29) is 12.5 Å². The Balaban J connectivity index is 2.54. The Labute approximate surface area is 85.3 Å². The third kappa shape index (κ3) is 1.67. The highest BCUT2D eigenvalue weighted by molar-refractivity contribution is 5.61. The van der Waals surface area contributed by atoms with Gasteiger partial charge in [-0.3, -0.25) is 0 Å². The number of halogens is 3. The summed E-state index contributed by atoms with van der Waals surface area (Å²) in [5, 5.41) is 2.93. The normalized spacial score (nSPS) is 19.9. The van der Waals surface area contributed by atoms with E-state index in [0.717, 1.165) is 6.07 Å². The average molecular weight is 216 g/mol. The average Bonchev–Trinajstić information content (AvgIpc) is 2.58. The van der Waals surface area contributed by atoms with Crippen molar-refractivity contribution in [2.45, 2.75) is 12.1 Å². The molecule has 1 aromatic rings. The number of nitrogens with one attached hydrogen (secondary N) is 1. The fourth-order valence-electron chi connectivity index (χ4n) is 1.94. The molecular formula is C10H11F3N2. The molecule has 1 atom stereocenters. The minimum absolute atomic E-state index is 0.229. The van der Waals surface area contributed by atoms with Gasteiger partial charge in [0.25, 0.3) is 0 Å². The largest absolute Gasteiger partial charge is 0.416 e. The standard InChI is InChI=1S/C10H11F3N2/c11-10(12,13)7-2-1-3-8-9(7)6(4-14)5-15-8/h1-3,6,15H,4-5,14H2. The molecule has 1 unspecified atom stereocenters. The summed E-state index contributed by atoms with van der Waals surface area (Å²) in [6, 6.07) is 4.17. The Morgan fingerprint density at radius 2 is 2.13 bits per heavy atom. The maximum Gasteiger partial charge on any atom is 0.416 e. The molecule has 1 heterocycles. The minimum Gasteiger partial charge on any atom is -0.384 e. The van der Waals surface area contributed by atoms with Crippen LogP contribution in [0.3, 0.4) is 0 Å². The van der Waals surface area contributed by atoms with Crippen LogP contribution in [0.25, 0.3) is 0 Å². The van der Waals surface area contributed by atoms with Crippen molar-refractivity contribution < 1.29 is 13.2 Å². The number of hydrogen-bond donors (Lipinski definition) is 2. The van der Waals surface area contributed by atoms with Crippen molar-refractivity contribution in [3.63, 3.8) is 0 Å². The smallest absolute Gasteiger partial charge is 0.384 e. The van der Waals surface area contributed by atoms with Crippen molar-refractivity contribution in [2.24, 2.45) is 5.73 Å². The predicted octanol–water partition coefficient (Wildman–Crippen LogP) is 2.17. The molecule has 2 rings (SSSR count). The summed E-state index contributed by atoms with van der Waals surface area (Å²) in [5.74, 6) is -0.238. The van der Waals surface area contributed by atoms with Crippen LogP contribution in [-0.2, 0) is 6.18 Å². The first-order chi connectivity index (χ1) is 7.04. The van der Waals surface area contributed by atoms with Gasteiger partial charge in [0.2, 0.25) is 0 Å². The number of benzene rings is 1. The van der Waals surface area contributed by atoms with Gasteiger partial charge in [0.1, 0.15) is 0 Å². The third-order valence-electron chi connectivity index (χ3n) is 2.64. The van der Waals surface area contributed by atoms with Crippen LogP contribution < -0.4 is 11.1 Å². The van der Waals surface area contributed by atoms with Gasteiger partial charge >= 0.3 is 6.18 Å². The summed E-state index contributed by atoms with van der Waals surface area (Å²) in [4.78, 5) is 0. The first-order valence-corrected chi connectivity index (χ1v) is 4.68. The second kappa shape index (κ2) is 3.41. The lowest BCUT2D eigenvalue weighted by Crippen LogP contribution is -2.17. The molecule has 15 heavy (non-hydrogen) atoms.